The predicted molar refractivity (Wildman–Crippen MR) is 77.4 cm³/mol. The number of hydrogen-bond donors (Lipinski definition) is 2. The number of amides is 1. The van der Waals surface area contributed by atoms with Gasteiger partial charge in [0.2, 0.25) is 5.91 Å². The summed E-state index contributed by atoms with van der Waals surface area (Å²) in [6.45, 7) is 2.31. The predicted octanol–water partition coefficient (Wildman–Crippen LogP) is 1.73. The molecule has 0 aliphatic carbocycles. The lowest BCUT2D eigenvalue weighted by Gasteiger charge is -2.12. The summed E-state index contributed by atoms with van der Waals surface area (Å²) >= 11 is 6.19. The van der Waals surface area contributed by atoms with Gasteiger partial charge in [-0.15, -0.1) is 0 Å². The summed E-state index contributed by atoms with van der Waals surface area (Å²) in [6, 6.07) is 3.66. The lowest BCUT2D eigenvalue weighted by molar-refractivity contribution is -0.121. The van der Waals surface area contributed by atoms with Gasteiger partial charge in [0.05, 0.1) is 18.2 Å². The molecule has 20 heavy (non-hydrogen) atoms. The molecule has 5 nitrogen and oxygen atoms in total. The summed E-state index contributed by atoms with van der Waals surface area (Å²) in [5.41, 5.74) is 0.900. The third kappa shape index (κ3) is 4.02. The lowest BCUT2D eigenvalue weighted by Crippen LogP contribution is -2.26. The minimum Gasteiger partial charge on any atom is -0.489 e. The molecule has 2 N–H and O–H groups in total. The van der Waals surface area contributed by atoms with Gasteiger partial charge in [-0.25, -0.2) is 0 Å². The molecule has 0 spiro atoms. The Morgan fingerprint density at radius 3 is 2.95 bits per heavy atom. The van der Waals surface area contributed by atoms with Gasteiger partial charge >= 0.3 is 0 Å². The van der Waals surface area contributed by atoms with Crippen molar-refractivity contribution >= 4 is 17.5 Å². The maximum atomic E-state index is 11.6. The van der Waals surface area contributed by atoms with Gasteiger partial charge < -0.3 is 20.1 Å². The van der Waals surface area contributed by atoms with Crippen LogP contribution in [0.1, 0.15) is 18.4 Å². The van der Waals surface area contributed by atoms with E-state index in [4.69, 9.17) is 21.1 Å². The maximum Gasteiger partial charge on any atom is 0.221 e. The van der Waals surface area contributed by atoms with E-state index < -0.39 is 0 Å². The number of fused-ring (bicyclic) bond motifs is 1. The Hall–Kier alpha value is -1.46. The Balaban J connectivity index is 2.00. The SMILES string of the molecule is CNCCC(=O)NCc1cc(Cl)c2c(c1)OCCCO2. The number of halogens is 1. The van der Waals surface area contributed by atoms with Crippen LogP contribution >= 0.6 is 11.6 Å². The molecule has 0 saturated carbocycles. The molecule has 0 aromatic heterocycles. The van der Waals surface area contributed by atoms with Crippen molar-refractivity contribution in [2.75, 3.05) is 26.8 Å². The normalized spacial score (nSPS) is 13.7. The smallest absolute Gasteiger partial charge is 0.221 e. The molecule has 0 atom stereocenters. The van der Waals surface area contributed by atoms with Crippen molar-refractivity contribution < 1.29 is 14.3 Å². The molecule has 1 heterocycles. The van der Waals surface area contributed by atoms with E-state index in [0.717, 1.165) is 12.0 Å². The number of ether oxygens (including phenoxy) is 2. The van der Waals surface area contributed by atoms with Crippen LogP contribution < -0.4 is 20.1 Å². The zero-order valence-corrected chi connectivity index (χ0v) is 12.3. The minimum absolute atomic E-state index is 0.00239. The van der Waals surface area contributed by atoms with Crippen LogP contribution in [0.4, 0.5) is 0 Å². The van der Waals surface area contributed by atoms with Gasteiger partial charge in [0.15, 0.2) is 11.5 Å². The molecule has 0 bridgehead atoms. The van der Waals surface area contributed by atoms with Crippen molar-refractivity contribution in [1.82, 2.24) is 10.6 Å². The van der Waals surface area contributed by atoms with Gasteiger partial charge in [-0.1, -0.05) is 11.6 Å². The van der Waals surface area contributed by atoms with Crippen molar-refractivity contribution in [3.05, 3.63) is 22.7 Å². The van der Waals surface area contributed by atoms with Gasteiger partial charge in [0.25, 0.3) is 0 Å². The molecule has 0 fully saturated rings. The Morgan fingerprint density at radius 2 is 2.15 bits per heavy atom. The Morgan fingerprint density at radius 1 is 1.35 bits per heavy atom. The van der Waals surface area contributed by atoms with Crippen LogP contribution in [-0.4, -0.2) is 32.7 Å². The van der Waals surface area contributed by atoms with Crippen LogP contribution in [0.25, 0.3) is 0 Å². The van der Waals surface area contributed by atoms with E-state index in [1.807, 2.05) is 13.1 Å². The molecule has 0 saturated heterocycles. The third-order valence-corrected chi connectivity index (χ3v) is 3.23. The first-order chi connectivity index (χ1) is 9.70. The molecule has 1 aromatic carbocycles. The molecular weight excluding hydrogens is 280 g/mol. The Labute approximate surface area is 123 Å². The molecular formula is C14H19ClN2O3. The second-order valence-electron chi connectivity index (χ2n) is 4.59. The minimum atomic E-state index is 0.00239. The van der Waals surface area contributed by atoms with Crippen LogP contribution in [-0.2, 0) is 11.3 Å². The topological polar surface area (TPSA) is 59.6 Å². The largest absolute Gasteiger partial charge is 0.489 e. The number of carbonyl (C=O) groups is 1. The van der Waals surface area contributed by atoms with E-state index >= 15 is 0 Å². The molecule has 1 aliphatic heterocycles. The zero-order chi connectivity index (χ0) is 14.4. The summed E-state index contributed by atoms with van der Waals surface area (Å²) in [5.74, 6) is 1.24. The monoisotopic (exact) mass is 298 g/mol. The highest BCUT2D eigenvalue weighted by atomic mass is 35.5. The molecule has 1 amide bonds. The van der Waals surface area contributed by atoms with E-state index in [1.165, 1.54) is 0 Å². The highest BCUT2D eigenvalue weighted by Gasteiger charge is 2.15. The highest BCUT2D eigenvalue weighted by molar-refractivity contribution is 6.32. The van der Waals surface area contributed by atoms with E-state index in [-0.39, 0.29) is 5.91 Å². The van der Waals surface area contributed by atoms with E-state index in [1.54, 1.807) is 6.07 Å². The first-order valence-corrected chi connectivity index (χ1v) is 7.08. The van der Waals surface area contributed by atoms with Crippen molar-refractivity contribution in [1.29, 1.82) is 0 Å². The van der Waals surface area contributed by atoms with Crippen molar-refractivity contribution in [3.8, 4) is 11.5 Å². The summed E-state index contributed by atoms with van der Waals surface area (Å²) in [4.78, 5) is 11.6. The molecule has 1 aromatic rings. The lowest BCUT2D eigenvalue weighted by atomic mass is 10.2. The fourth-order valence-corrected chi connectivity index (χ4v) is 2.20. The first-order valence-electron chi connectivity index (χ1n) is 6.70. The average Bonchev–Trinajstić information content (AvgIpc) is 2.68. The number of carbonyl (C=O) groups excluding carboxylic acids is 1. The molecule has 2 rings (SSSR count). The highest BCUT2D eigenvalue weighted by Crippen LogP contribution is 2.37. The van der Waals surface area contributed by atoms with E-state index in [2.05, 4.69) is 10.6 Å². The molecule has 6 heteroatoms. The second kappa shape index (κ2) is 7.36. The fraction of sp³-hybridized carbons (Fsp3) is 0.500. The maximum absolute atomic E-state index is 11.6. The van der Waals surface area contributed by atoms with Gasteiger partial charge in [-0.05, 0) is 24.7 Å². The van der Waals surface area contributed by atoms with Gasteiger partial charge in [-0.3, -0.25) is 4.79 Å². The molecule has 110 valence electrons. The fourth-order valence-electron chi connectivity index (χ4n) is 1.91. The van der Waals surface area contributed by atoms with Crippen LogP contribution in [0.3, 0.4) is 0 Å². The van der Waals surface area contributed by atoms with Crippen molar-refractivity contribution in [2.24, 2.45) is 0 Å². The standard InChI is InChI=1S/C14H19ClN2O3/c1-16-4-3-13(18)17-9-10-7-11(15)14-12(8-10)19-5-2-6-20-14/h7-8,16H,2-6,9H2,1H3,(H,17,18). The van der Waals surface area contributed by atoms with Crippen molar-refractivity contribution in [2.45, 2.75) is 19.4 Å². The summed E-state index contributed by atoms with van der Waals surface area (Å²) in [5, 5.41) is 6.30. The number of nitrogens with one attached hydrogen (secondary N) is 2. The summed E-state index contributed by atoms with van der Waals surface area (Å²) in [6.07, 6.45) is 1.29. The number of hydrogen-bond acceptors (Lipinski definition) is 4. The average molecular weight is 299 g/mol. The Bertz CT molecular complexity index is 480. The van der Waals surface area contributed by atoms with Crippen LogP contribution in [0, 0.1) is 0 Å². The molecule has 1 aliphatic rings. The summed E-state index contributed by atoms with van der Waals surface area (Å²) in [7, 11) is 1.82. The first kappa shape index (κ1) is 14.9. The van der Waals surface area contributed by atoms with E-state index in [0.29, 0.717) is 49.2 Å². The number of benzene rings is 1. The van der Waals surface area contributed by atoms with Crippen LogP contribution in [0.15, 0.2) is 12.1 Å². The van der Waals surface area contributed by atoms with Gasteiger partial charge in [-0.2, -0.15) is 0 Å². The molecule has 0 radical (unpaired) electrons. The van der Waals surface area contributed by atoms with Crippen molar-refractivity contribution in [3.63, 3.8) is 0 Å². The van der Waals surface area contributed by atoms with Gasteiger partial charge in [0, 0.05) is 25.9 Å². The number of rotatable bonds is 5. The van der Waals surface area contributed by atoms with Crippen LogP contribution in [0.5, 0.6) is 11.5 Å². The second-order valence-corrected chi connectivity index (χ2v) is 4.99. The van der Waals surface area contributed by atoms with E-state index in [9.17, 15) is 4.79 Å². The summed E-state index contributed by atoms with van der Waals surface area (Å²) < 4.78 is 11.2. The third-order valence-electron chi connectivity index (χ3n) is 2.95. The quantitative estimate of drug-likeness (QED) is 0.869. The zero-order valence-electron chi connectivity index (χ0n) is 11.5. The van der Waals surface area contributed by atoms with Crippen LogP contribution in [0.2, 0.25) is 5.02 Å². The van der Waals surface area contributed by atoms with Gasteiger partial charge in [0.1, 0.15) is 0 Å². The Kier molecular flexibility index (Phi) is 5.49. The molecule has 0 unspecified atom stereocenters.